The molecule has 1 atom stereocenters. The third-order valence-corrected chi connectivity index (χ3v) is 3.68. The van der Waals surface area contributed by atoms with E-state index in [-0.39, 0.29) is 6.61 Å². The topological polar surface area (TPSA) is 32.3 Å². The van der Waals surface area contributed by atoms with Gasteiger partial charge in [-0.25, -0.2) is 0 Å². The predicted molar refractivity (Wildman–Crippen MR) is 83.5 cm³/mol. The lowest BCUT2D eigenvalue weighted by molar-refractivity contribution is 0.281. The Hall–Kier alpha value is -1.64. The highest BCUT2D eigenvalue weighted by Crippen LogP contribution is 2.19. The number of rotatable bonds is 5. The summed E-state index contributed by atoms with van der Waals surface area (Å²) in [5.74, 6) is 0. The summed E-state index contributed by atoms with van der Waals surface area (Å²) in [4.78, 5) is 0. The maximum absolute atomic E-state index is 9.16. The van der Waals surface area contributed by atoms with Gasteiger partial charge in [-0.2, -0.15) is 0 Å². The van der Waals surface area contributed by atoms with Crippen LogP contribution in [-0.2, 0) is 13.2 Å². The molecular weight excluding hydrogens is 246 g/mol. The zero-order valence-electron chi connectivity index (χ0n) is 12.5. The summed E-state index contributed by atoms with van der Waals surface area (Å²) in [6.45, 7) is 7.37. The number of hydrogen-bond acceptors (Lipinski definition) is 2. The minimum absolute atomic E-state index is 0.0977. The molecular formula is C18H23NO. The van der Waals surface area contributed by atoms with Crippen LogP contribution in [0.15, 0.2) is 42.5 Å². The van der Waals surface area contributed by atoms with Crippen molar-refractivity contribution in [3.05, 3.63) is 70.3 Å². The number of aliphatic hydroxyl groups is 1. The average Bonchev–Trinajstić information content (AvgIpc) is 2.45. The molecule has 0 aromatic heterocycles. The molecule has 0 saturated carbocycles. The average molecular weight is 269 g/mol. The first kappa shape index (κ1) is 14.8. The number of aryl methyl sites for hydroxylation is 2. The Morgan fingerprint density at radius 2 is 1.80 bits per heavy atom. The minimum atomic E-state index is 0.0977. The van der Waals surface area contributed by atoms with E-state index in [1.54, 1.807) is 0 Å². The number of hydrogen-bond donors (Lipinski definition) is 2. The van der Waals surface area contributed by atoms with E-state index in [1.165, 1.54) is 22.3 Å². The Bertz CT molecular complexity index is 577. The summed E-state index contributed by atoms with van der Waals surface area (Å²) in [6.07, 6.45) is 0. The highest BCUT2D eigenvalue weighted by Gasteiger charge is 2.08. The van der Waals surface area contributed by atoms with Crippen LogP contribution in [0.2, 0.25) is 0 Å². The van der Waals surface area contributed by atoms with E-state index in [0.717, 1.165) is 12.1 Å². The lowest BCUT2D eigenvalue weighted by Gasteiger charge is -2.17. The summed E-state index contributed by atoms with van der Waals surface area (Å²) in [5, 5.41) is 12.7. The van der Waals surface area contributed by atoms with Crippen LogP contribution < -0.4 is 5.32 Å². The Kier molecular flexibility index (Phi) is 4.94. The van der Waals surface area contributed by atoms with E-state index in [4.69, 9.17) is 5.11 Å². The van der Waals surface area contributed by atoms with Crippen molar-refractivity contribution in [1.29, 1.82) is 0 Å². The SMILES string of the molecule is Cc1ccc(C(C)NCc2cccc(CO)c2)c(C)c1. The molecule has 0 aliphatic rings. The first-order valence-electron chi connectivity index (χ1n) is 7.09. The number of benzene rings is 2. The van der Waals surface area contributed by atoms with E-state index in [2.05, 4.69) is 50.4 Å². The van der Waals surface area contributed by atoms with Crippen LogP contribution in [0.25, 0.3) is 0 Å². The van der Waals surface area contributed by atoms with Gasteiger partial charge in [-0.3, -0.25) is 0 Å². The largest absolute Gasteiger partial charge is 0.392 e. The van der Waals surface area contributed by atoms with Crippen molar-refractivity contribution in [3.63, 3.8) is 0 Å². The van der Waals surface area contributed by atoms with E-state index in [9.17, 15) is 0 Å². The molecule has 0 aliphatic heterocycles. The zero-order valence-corrected chi connectivity index (χ0v) is 12.5. The molecule has 0 saturated heterocycles. The molecule has 0 bridgehead atoms. The molecule has 2 aromatic carbocycles. The van der Waals surface area contributed by atoms with Crippen molar-refractivity contribution in [2.75, 3.05) is 0 Å². The molecule has 20 heavy (non-hydrogen) atoms. The molecule has 106 valence electrons. The fraction of sp³-hybridized carbons (Fsp3) is 0.333. The van der Waals surface area contributed by atoms with Crippen LogP contribution in [0.1, 0.15) is 40.8 Å². The van der Waals surface area contributed by atoms with E-state index >= 15 is 0 Å². The minimum Gasteiger partial charge on any atom is -0.392 e. The van der Waals surface area contributed by atoms with Crippen LogP contribution >= 0.6 is 0 Å². The van der Waals surface area contributed by atoms with Crippen molar-refractivity contribution in [2.24, 2.45) is 0 Å². The van der Waals surface area contributed by atoms with Crippen LogP contribution in [0, 0.1) is 13.8 Å². The van der Waals surface area contributed by atoms with Crippen molar-refractivity contribution < 1.29 is 5.11 Å². The van der Waals surface area contributed by atoms with E-state index in [0.29, 0.717) is 6.04 Å². The number of aliphatic hydroxyl groups excluding tert-OH is 1. The predicted octanol–water partition coefficient (Wildman–Crippen LogP) is 3.65. The first-order chi connectivity index (χ1) is 9.60. The summed E-state index contributed by atoms with van der Waals surface area (Å²) < 4.78 is 0. The monoisotopic (exact) mass is 269 g/mol. The van der Waals surface area contributed by atoms with Gasteiger partial charge in [0.15, 0.2) is 0 Å². The Morgan fingerprint density at radius 1 is 1.05 bits per heavy atom. The third kappa shape index (κ3) is 3.69. The van der Waals surface area contributed by atoms with Crippen molar-refractivity contribution in [3.8, 4) is 0 Å². The van der Waals surface area contributed by atoms with Crippen LogP contribution in [0.3, 0.4) is 0 Å². The molecule has 0 radical (unpaired) electrons. The highest BCUT2D eigenvalue weighted by molar-refractivity contribution is 5.32. The molecule has 0 spiro atoms. The normalized spacial score (nSPS) is 12.4. The van der Waals surface area contributed by atoms with Gasteiger partial charge >= 0.3 is 0 Å². The van der Waals surface area contributed by atoms with Gasteiger partial charge in [0.05, 0.1) is 6.61 Å². The maximum atomic E-state index is 9.16. The van der Waals surface area contributed by atoms with Crippen LogP contribution in [-0.4, -0.2) is 5.11 Å². The molecule has 2 nitrogen and oxygen atoms in total. The van der Waals surface area contributed by atoms with Gasteiger partial charge < -0.3 is 10.4 Å². The molecule has 0 fully saturated rings. The second-order valence-electron chi connectivity index (χ2n) is 5.44. The smallest absolute Gasteiger partial charge is 0.0681 e. The first-order valence-corrected chi connectivity index (χ1v) is 7.09. The van der Waals surface area contributed by atoms with Gasteiger partial charge in [0, 0.05) is 12.6 Å². The quantitative estimate of drug-likeness (QED) is 0.868. The van der Waals surface area contributed by atoms with Gasteiger partial charge in [-0.1, -0.05) is 48.0 Å². The van der Waals surface area contributed by atoms with Gasteiger partial charge in [0.1, 0.15) is 0 Å². The second-order valence-corrected chi connectivity index (χ2v) is 5.44. The summed E-state index contributed by atoms with van der Waals surface area (Å²) in [5.41, 5.74) is 6.13. The fourth-order valence-corrected chi connectivity index (χ4v) is 2.53. The van der Waals surface area contributed by atoms with Gasteiger partial charge in [-0.05, 0) is 43.0 Å². The summed E-state index contributed by atoms with van der Waals surface area (Å²) >= 11 is 0. The summed E-state index contributed by atoms with van der Waals surface area (Å²) in [6, 6.07) is 15.0. The summed E-state index contributed by atoms with van der Waals surface area (Å²) in [7, 11) is 0. The second kappa shape index (κ2) is 6.69. The van der Waals surface area contributed by atoms with E-state index in [1.807, 2.05) is 18.2 Å². The Balaban J connectivity index is 2.02. The van der Waals surface area contributed by atoms with Crippen molar-refractivity contribution in [1.82, 2.24) is 5.32 Å². The maximum Gasteiger partial charge on any atom is 0.0681 e. The lowest BCUT2D eigenvalue weighted by atomic mass is 10.00. The Labute approximate surface area is 121 Å². The van der Waals surface area contributed by atoms with Gasteiger partial charge in [-0.15, -0.1) is 0 Å². The molecule has 2 heteroatoms. The third-order valence-electron chi connectivity index (χ3n) is 3.68. The molecule has 2 rings (SSSR count). The highest BCUT2D eigenvalue weighted by atomic mass is 16.3. The van der Waals surface area contributed by atoms with Crippen molar-refractivity contribution in [2.45, 2.75) is 40.0 Å². The molecule has 2 aromatic rings. The molecule has 1 unspecified atom stereocenters. The lowest BCUT2D eigenvalue weighted by Crippen LogP contribution is -2.19. The fourth-order valence-electron chi connectivity index (χ4n) is 2.53. The molecule has 0 heterocycles. The van der Waals surface area contributed by atoms with Gasteiger partial charge in [0.25, 0.3) is 0 Å². The molecule has 0 amide bonds. The van der Waals surface area contributed by atoms with Crippen LogP contribution in [0.5, 0.6) is 0 Å². The standard InChI is InChI=1S/C18H23NO/c1-13-7-8-18(14(2)9-13)15(3)19-11-16-5-4-6-17(10-16)12-20/h4-10,15,19-20H,11-12H2,1-3H3. The molecule has 0 aliphatic carbocycles. The zero-order chi connectivity index (χ0) is 14.5. The van der Waals surface area contributed by atoms with Crippen molar-refractivity contribution >= 4 is 0 Å². The van der Waals surface area contributed by atoms with Gasteiger partial charge in [0.2, 0.25) is 0 Å². The number of nitrogens with one attached hydrogen (secondary N) is 1. The molecule has 2 N–H and O–H groups in total. The Morgan fingerprint density at radius 3 is 2.50 bits per heavy atom. The van der Waals surface area contributed by atoms with Crippen LogP contribution in [0.4, 0.5) is 0 Å². The van der Waals surface area contributed by atoms with E-state index < -0.39 is 0 Å².